The molecule has 5 nitrogen and oxygen atoms in total. The third kappa shape index (κ3) is 2.44. The van der Waals surface area contributed by atoms with Crippen LogP contribution in [0.2, 0.25) is 0 Å². The standard InChI is InChI=1S/C16H12N2O3S/c1-21-13-5-3-2-4-10(13)14-17-12-7-6-9(16(19)20)8-11(12)15(22)18-14/h2-8H,1H3,(H,19,20)(H,17,18,22). The number of benzene rings is 2. The summed E-state index contributed by atoms with van der Waals surface area (Å²) >= 11 is 5.30. The predicted octanol–water partition coefficient (Wildman–Crippen LogP) is 3.67. The topological polar surface area (TPSA) is 75.2 Å². The van der Waals surface area contributed by atoms with Crippen molar-refractivity contribution < 1.29 is 14.6 Å². The van der Waals surface area contributed by atoms with E-state index in [-0.39, 0.29) is 5.56 Å². The molecule has 1 aromatic heterocycles. The van der Waals surface area contributed by atoms with Crippen LogP contribution in [0.5, 0.6) is 5.75 Å². The Bertz CT molecular complexity index is 934. The van der Waals surface area contributed by atoms with E-state index in [1.54, 1.807) is 13.2 Å². The fraction of sp³-hybridized carbons (Fsp3) is 0.0625. The van der Waals surface area contributed by atoms with E-state index >= 15 is 0 Å². The van der Waals surface area contributed by atoms with Crippen LogP contribution in [-0.2, 0) is 0 Å². The second kappa shape index (κ2) is 5.57. The van der Waals surface area contributed by atoms with Crippen LogP contribution >= 0.6 is 12.2 Å². The summed E-state index contributed by atoms with van der Waals surface area (Å²) in [7, 11) is 1.59. The number of carboxylic acids is 1. The van der Waals surface area contributed by atoms with Crippen molar-refractivity contribution in [1.29, 1.82) is 0 Å². The lowest BCUT2D eigenvalue weighted by molar-refractivity contribution is 0.0697. The van der Waals surface area contributed by atoms with Gasteiger partial charge in [0.25, 0.3) is 0 Å². The van der Waals surface area contributed by atoms with Crippen LogP contribution in [0.15, 0.2) is 42.5 Å². The molecule has 0 bridgehead atoms. The van der Waals surface area contributed by atoms with Gasteiger partial charge in [-0.25, -0.2) is 9.78 Å². The number of rotatable bonds is 3. The predicted molar refractivity (Wildman–Crippen MR) is 85.9 cm³/mol. The number of fused-ring (bicyclic) bond motifs is 1. The molecule has 0 amide bonds. The van der Waals surface area contributed by atoms with E-state index in [1.807, 2.05) is 24.3 Å². The van der Waals surface area contributed by atoms with E-state index in [9.17, 15) is 4.79 Å². The molecule has 0 atom stereocenters. The number of aromatic nitrogens is 2. The molecular weight excluding hydrogens is 300 g/mol. The fourth-order valence-corrected chi connectivity index (χ4v) is 2.51. The van der Waals surface area contributed by atoms with Gasteiger partial charge in [-0.1, -0.05) is 24.4 Å². The monoisotopic (exact) mass is 312 g/mol. The number of H-pyrrole nitrogens is 1. The van der Waals surface area contributed by atoms with Gasteiger partial charge >= 0.3 is 5.97 Å². The van der Waals surface area contributed by atoms with Crippen molar-refractivity contribution in [2.75, 3.05) is 7.11 Å². The molecular formula is C16H12N2O3S. The highest BCUT2D eigenvalue weighted by atomic mass is 32.1. The Morgan fingerprint density at radius 1 is 1.27 bits per heavy atom. The molecule has 0 fully saturated rings. The number of hydrogen-bond acceptors (Lipinski definition) is 4. The minimum Gasteiger partial charge on any atom is -0.496 e. The molecule has 3 rings (SSSR count). The van der Waals surface area contributed by atoms with Gasteiger partial charge in [0, 0.05) is 5.39 Å². The van der Waals surface area contributed by atoms with E-state index < -0.39 is 5.97 Å². The molecule has 0 unspecified atom stereocenters. The first-order chi connectivity index (χ1) is 10.6. The molecule has 2 aromatic carbocycles. The van der Waals surface area contributed by atoms with Crippen molar-refractivity contribution in [3.8, 4) is 17.1 Å². The molecule has 0 aliphatic rings. The minimum absolute atomic E-state index is 0.179. The van der Waals surface area contributed by atoms with Crippen LogP contribution < -0.4 is 4.74 Å². The maximum Gasteiger partial charge on any atom is 0.335 e. The van der Waals surface area contributed by atoms with E-state index in [1.165, 1.54) is 12.1 Å². The normalized spacial score (nSPS) is 10.6. The zero-order valence-electron chi connectivity index (χ0n) is 11.7. The first kappa shape index (κ1) is 14.2. The Kier molecular flexibility index (Phi) is 3.60. The highest BCUT2D eigenvalue weighted by Gasteiger charge is 2.10. The van der Waals surface area contributed by atoms with Gasteiger partial charge in [-0.2, -0.15) is 0 Å². The molecule has 6 heteroatoms. The Morgan fingerprint density at radius 3 is 2.77 bits per heavy atom. The van der Waals surface area contributed by atoms with Crippen LogP contribution in [0.25, 0.3) is 22.3 Å². The lowest BCUT2D eigenvalue weighted by atomic mass is 10.1. The Balaban J connectivity index is 2.24. The van der Waals surface area contributed by atoms with Gasteiger partial charge in [0.15, 0.2) is 0 Å². The fourth-order valence-electron chi connectivity index (χ4n) is 2.25. The van der Waals surface area contributed by atoms with Gasteiger partial charge < -0.3 is 14.8 Å². The summed E-state index contributed by atoms with van der Waals surface area (Å²) in [5, 5.41) is 9.66. The molecule has 0 spiro atoms. The smallest absolute Gasteiger partial charge is 0.335 e. The highest BCUT2D eigenvalue weighted by Crippen LogP contribution is 2.28. The van der Waals surface area contributed by atoms with E-state index in [4.69, 9.17) is 22.1 Å². The van der Waals surface area contributed by atoms with Crippen LogP contribution in [0.3, 0.4) is 0 Å². The van der Waals surface area contributed by atoms with Crippen molar-refractivity contribution in [3.63, 3.8) is 0 Å². The third-order valence-corrected chi connectivity index (χ3v) is 3.64. The number of ether oxygens (including phenoxy) is 1. The Hall–Kier alpha value is -2.73. The highest BCUT2D eigenvalue weighted by molar-refractivity contribution is 7.71. The SMILES string of the molecule is COc1ccccc1-c1nc(=S)c2cc(C(=O)O)ccc2[nH]1. The number of hydrogen-bond donors (Lipinski definition) is 2. The van der Waals surface area contributed by atoms with Crippen LogP contribution in [0, 0.1) is 4.64 Å². The summed E-state index contributed by atoms with van der Waals surface area (Å²) in [6, 6.07) is 12.2. The molecule has 1 heterocycles. The van der Waals surface area contributed by atoms with Crippen molar-refractivity contribution in [3.05, 3.63) is 52.7 Å². The molecule has 0 saturated heterocycles. The summed E-state index contributed by atoms with van der Waals surface area (Å²) in [4.78, 5) is 18.6. The number of carboxylic acid groups (broad SMARTS) is 1. The van der Waals surface area contributed by atoms with Crippen molar-refractivity contribution >= 4 is 29.1 Å². The molecule has 3 aromatic rings. The van der Waals surface area contributed by atoms with Crippen LogP contribution in [0.4, 0.5) is 0 Å². The molecule has 2 N–H and O–H groups in total. The lowest BCUT2D eigenvalue weighted by Crippen LogP contribution is -1.98. The third-order valence-electron chi connectivity index (χ3n) is 3.33. The van der Waals surface area contributed by atoms with Crippen molar-refractivity contribution in [1.82, 2.24) is 9.97 Å². The summed E-state index contributed by atoms with van der Waals surface area (Å²) in [5.41, 5.74) is 1.70. The number of para-hydroxylation sites is 1. The summed E-state index contributed by atoms with van der Waals surface area (Å²) < 4.78 is 5.68. The Morgan fingerprint density at radius 2 is 2.05 bits per heavy atom. The average molecular weight is 312 g/mol. The van der Waals surface area contributed by atoms with Gasteiger partial charge in [-0.05, 0) is 30.3 Å². The summed E-state index contributed by atoms with van der Waals surface area (Å²) in [6.45, 7) is 0. The van der Waals surface area contributed by atoms with E-state index in [0.717, 1.165) is 11.1 Å². The van der Waals surface area contributed by atoms with Crippen LogP contribution in [-0.4, -0.2) is 28.2 Å². The summed E-state index contributed by atoms with van der Waals surface area (Å²) in [5.74, 6) is 0.269. The first-order valence-electron chi connectivity index (χ1n) is 6.51. The molecule has 0 aliphatic carbocycles. The van der Waals surface area contributed by atoms with Crippen LogP contribution in [0.1, 0.15) is 10.4 Å². The van der Waals surface area contributed by atoms with Gasteiger partial charge in [-0.3, -0.25) is 0 Å². The zero-order chi connectivity index (χ0) is 15.7. The number of nitrogens with one attached hydrogen (secondary N) is 1. The maximum atomic E-state index is 11.0. The summed E-state index contributed by atoms with van der Waals surface area (Å²) in [6.07, 6.45) is 0. The van der Waals surface area contributed by atoms with Gasteiger partial charge in [0.1, 0.15) is 16.2 Å². The number of methoxy groups -OCH3 is 1. The second-order valence-electron chi connectivity index (χ2n) is 4.66. The first-order valence-corrected chi connectivity index (χ1v) is 6.92. The molecule has 22 heavy (non-hydrogen) atoms. The molecule has 0 radical (unpaired) electrons. The molecule has 0 saturated carbocycles. The average Bonchev–Trinajstić information content (AvgIpc) is 2.54. The number of aromatic amines is 1. The van der Waals surface area contributed by atoms with Gasteiger partial charge in [0.2, 0.25) is 0 Å². The number of nitrogens with zero attached hydrogens (tertiary/aromatic N) is 1. The van der Waals surface area contributed by atoms with E-state index in [2.05, 4.69) is 9.97 Å². The van der Waals surface area contributed by atoms with E-state index in [0.29, 0.717) is 21.6 Å². The van der Waals surface area contributed by atoms with Crippen molar-refractivity contribution in [2.45, 2.75) is 0 Å². The molecule has 110 valence electrons. The quantitative estimate of drug-likeness (QED) is 0.722. The number of aromatic carboxylic acids is 1. The largest absolute Gasteiger partial charge is 0.496 e. The Labute approximate surface area is 131 Å². The molecule has 0 aliphatic heterocycles. The zero-order valence-corrected chi connectivity index (χ0v) is 12.5. The maximum absolute atomic E-state index is 11.0. The second-order valence-corrected chi connectivity index (χ2v) is 5.04. The van der Waals surface area contributed by atoms with Gasteiger partial charge in [0.05, 0.1) is 23.8 Å². The minimum atomic E-state index is -0.995. The number of carbonyl (C=O) groups is 1. The van der Waals surface area contributed by atoms with Crippen molar-refractivity contribution in [2.24, 2.45) is 0 Å². The lowest BCUT2D eigenvalue weighted by Gasteiger charge is -2.09. The van der Waals surface area contributed by atoms with Gasteiger partial charge in [-0.15, -0.1) is 0 Å².